The minimum Gasteiger partial charge on any atom is -0.506 e. The molecule has 16 heavy (non-hydrogen) atoms. The van der Waals surface area contributed by atoms with E-state index in [1.807, 2.05) is 19.1 Å². The van der Waals surface area contributed by atoms with Crippen LogP contribution in [0.4, 0.5) is 8.78 Å². The lowest BCUT2D eigenvalue weighted by atomic mass is 10.1. The third-order valence-electron chi connectivity index (χ3n) is 2.53. The van der Waals surface area contributed by atoms with Crippen LogP contribution >= 0.6 is 0 Å². The number of aromatic hydroxyl groups is 1. The molecule has 0 unspecified atom stereocenters. The minimum absolute atomic E-state index is 0.448. The van der Waals surface area contributed by atoms with Gasteiger partial charge >= 0.3 is 0 Å². The van der Waals surface area contributed by atoms with Gasteiger partial charge in [0.05, 0.1) is 5.52 Å². The van der Waals surface area contributed by atoms with E-state index in [4.69, 9.17) is 0 Å². The Kier molecular flexibility index (Phi) is 2.73. The third-order valence-corrected chi connectivity index (χ3v) is 2.53. The Morgan fingerprint density at radius 3 is 2.75 bits per heavy atom. The van der Waals surface area contributed by atoms with Crippen molar-refractivity contribution >= 4 is 10.9 Å². The van der Waals surface area contributed by atoms with Gasteiger partial charge in [0.2, 0.25) is 0 Å². The van der Waals surface area contributed by atoms with Crippen molar-refractivity contribution in [1.82, 2.24) is 4.98 Å². The number of nitrogens with zero attached hydrogens (tertiary/aromatic N) is 1. The highest BCUT2D eigenvalue weighted by Gasteiger charge is 2.16. The molecular weight excluding hydrogens is 212 g/mol. The zero-order valence-corrected chi connectivity index (χ0v) is 8.74. The van der Waals surface area contributed by atoms with E-state index in [0.29, 0.717) is 10.9 Å². The number of aryl methyl sites for hydroxylation is 1. The molecule has 0 fully saturated rings. The Morgan fingerprint density at radius 1 is 1.38 bits per heavy atom. The van der Waals surface area contributed by atoms with Gasteiger partial charge in [0, 0.05) is 5.39 Å². The van der Waals surface area contributed by atoms with Gasteiger partial charge in [-0.3, -0.25) is 0 Å². The first kappa shape index (κ1) is 10.8. The van der Waals surface area contributed by atoms with Gasteiger partial charge in [-0.05, 0) is 18.1 Å². The zero-order chi connectivity index (χ0) is 11.7. The second-order valence-corrected chi connectivity index (χ2v) is 3.54. The average Bonchev–Trinajstić information content (AvgIpc) is 2.26. The van der Waals surface area contributed by atoms with E-state index in [2.05, 4.69) is 4.98 Å². The zero-order valence-electron chi connectivity index (χ0n) is 8.74. The van der Waals surface area contributed by atoms with Crippen LogP contribution in [0.3, 0.4) is 0 Å². The standard InChI is InChI=1S/C12H11F2NO/c1-2-7-4-3-5-8-6-9(16)11(12(13)14)15-10(7)8/h3-6,12,16H,2H2,1H3. The van der Waals surface area contributed by atoms with Crippen LogP contribution in [0.1, 0.15) is 24.6 Å². The summed E-state index contributed by atoms with van der Waals surface area (Å²) in [6, 6.07) is 6.76. The fourth-order valence-electron chi connectivity index (χ4n) is 1.71. The van der Waals surface area contributed by atoms with E-state index in [0.717, 1.165) is 12.0 Å². The summed E-state index contributed by atoms with van der Waals surface area (Å²) in [7, 11) is 0. The monoisotopic (exact) mass is 223 g/mol. The molecule has 0 aliphatic carbocycles. The van der Waals surface area contributed by atoms with E-state index in [-0.39, 0.29) is 0 Å². The van der Waals surface area contributed by atoms with Crippen LogP contribution in [-0.4, -0.2) is 10.1 Å². The van der Waals surface area contributed by atoms with Crippen LogP contribution in [-0.2, 0) is 6.42 Å². The predicted molar refractivity (Wildman–Crippen MR) is 57.7 cm³/mol. The maximum Gasteiger partial charge on any atom is 0.284 e. The fourth-order valence-corrected chi connectivity index (χ4v) is 1.71. The summed E-state index contributed by atoms with van der Waals surface area (Å²) in [4.78, 5) is 3.85. The molecule has 2 rings (SSSR count). The van der Waals surface area contributed by atoms with Gasteiger partial charge in [0.25, 0.3) is 6.43 Å². The fraction of sp³-hybridized carbons (Fsp3) is 0.250. The first-order valence-electron chi connectivity index (χ1n) is 5.03. The summed E-state index contributed by atoms with van der Waals surface area (Å²) in [5.74, 6) is -0.448. The molecule has 4 heteroatoms. The Hall–Kier alpha value is -1.71. The van der Waals surface area contributed by atoms with E-state index < -0.39 is 17.9 Å². The van der Waals surface area contributed by atoms with Crippen LogP contribution in [0.5, 0.6) is 5.75 Å². The van der Waals surface area contributed by atoms with Crippen molar-refractivity contribution in [3.63, 3.8) is 0 Å². The number of alkyl halides is 2. The third kappa shape index (κ3) is 1.71. The molecule has 0 bridgehead atoms. The molecule has 2 aromatic rings. The molecular formula is C12H11F2NO. The molecule has 0 spiro atoms. The number of fused-ring (bicyclic) bond motifs is 1. The van der Waals surface area contributed by atoms with Gasteiger partial charge in [0.15, 0.2) is 0 Å². The van der Waals surface area contributed by atoms with E-state index >= 15 is 0 Å². The largest absolute Gasteiger partial charge is 0.506 e. The number of pyridine rings is 1. The molecule has 0 saturated heterocycles. The average molecular weight is 223 g/mol. The van der Waals surface area contributed by atoms with Crippen LogP contribution in [0.15, 0.2) is 24.3 Å². The van der Waals surface area contributed by atoms with Crippen molar-refractivity contribution in [3.8, 4) is 5.75 Å². The lowest BCUT2D eigenvalue weighted by Crippen LogP contribution is -1.94. The topological polar surface area (TPSA) is 33.1 Å². The van der Waals surface area contributed by atoms with Gasteiger partial charge < -0.3 is 5.11 Å². The van der Waals surface area contributed by atoms with Crippen LogP contribution < -0.4 is 0 Å². The Morgan fingerprint density at radius 2 is 2.12 bits per heavy atom. The molecule has 0 aliphatic rings. The lowest BCUT2D eigenvalue weighted by molar-refractivity contribution is 0.142. The Labute approximate surface area is 91.6 Å². The smallest absolute Gasteiger partial charge is 0.284 e. The summed E-state index contributed by atoms with van der Waals surface area (Å²) < 4.78 is 25.1. The lowest BCUT2D eigenvalue weighted by Gasteiger charge is -2.07. The number of para-hydroxylation sites is 1. The summed E-state index contributed by atoms with van der Waals surface area (Å²) in [5, 5.41) is 10.1. The second-order valence-electron chi connectivity index (χ2n) is 3.54. The minimum atomic E-state index is -2.76. The first-order chi connectivity index (χ1) is 7.63. The number of aromatic nitrogens is 1. The van der Waals surface area contributed by atoms with Crippen molar-refractivity contribution in [3.05, 3.63) is 35.5 Å². The quantitative estimate of drug-likeness (QED) is 0.845. The summed E-state index contributed by atoms with van der Waals surface area (Å²) in [6.45, 7) is 1.94. The van der Waals surface area contributed by atoms with Crippen LogP contribution in [0, 0.1) is 0 Å². The van der Waals surface area contributed by atoms with E-state index in [1.165, 1.54) is 6.07 Å². The number of hydrogen-bond donors (Lipinski definition) is 1. The van der Waals surface area contributed by atoms with Crippen LogP contribution in [0.2, 0.25) is 0 Å². The molecule has 1 aromatic carbocycles. The van der Waals surface area contributed by atoms with Gasteiger partial charge in [-0.25, -0.2) is 13.8 Å². The second kappa shape index (κ2) is 4.04. The van der Waals surface area contributed by atoms with Crippen molar-refractivity contribution < 1.29 is 13.9 Å². The molecule has 1 N–H and O–H groups in total. The Balaban J connectivity index is 2.75. The van der Waals surface area contributed by atoms with Gasteiger partial charge in [0.1, 0.15) is 11.4 Å². The molecule has 0 saturated carbocycles. The van der Waals surface area contributed by atoms with Crippen molar-refractivity contribution in [2.24, 2.45) is 0 Å². The summed E-state index contributed by atoms with van der Waals surface area (Å²) in [5.41, 5.74) is 0.894. The van der Waals surface area contributed by atoms with E-state index in [9.17, 15) is 13.9 Å². The van der Waals surface area contributed by atoms with E-state index in [1.54, 1.807) is 6.07 Å². The van der Waals surface area contributed by atoms with Crippen molar-refractivity contribution in [2.45, 2.75) is 19.8 Å². The number of benzene rings is 1. The number of rotatable bonds is 2. The highest BCUT2D eigenvalue weighted by atomic mass is 19.3. The van der Waals surface area contributed by atoms with Crippen molar-refractivity contribution in [2.75, 3.05) is 0 Å². The SMILES string of the molecule is CCc1cccc2cc(O)c(C(F)F)nc12. The van der Waals surface area contributed by atoms with Crippen LogP contribution in [0.25, 0.3) is 10.9 Å². The van der Waals surface area contributed by atoms with Gasteiger partial charge in [-0.15, -0.1) is 0 Å². The molecule has 0 atom stereocenters. The predicted octanol–water partition coefficient (Wildman–Crippen LogP) is 3.44. The first-order valence-corrected chi connectivity index (χ1v) is 5.03. The Bertz CT molecular complexity index is 526. The maximum absolute atomic E-state index is 12.6. The maximum atomic E-state index is 12.6. The molecule has 84 valence electrons. The molecule has 0 aliphatic heterocycles. The highest BCUT2D eigenvalue weighted by Crippen LogP contribution is 2.30. The molecule has 0 radical (unpaired) electrons. The molecule has 0 amide bonds. The van der Waals surface area contributed by atoms with Crippen molar-refractivity contribution in [1.29, 1.82) is 0 Å². The number of halogens is 2. The highest BCUT2D eigenvalue weighted by molar-refractivity contribution is 5.83. The normalized spacial score (nSPS) is 11.2. The van der Waals surface area contributed by atoms with Gasteiger partial charge in [-0.2, -0.15) is 0 Å². The molecule has 1 heterocycles. The molecule has 1 aromatic heterocycles. The van der Waals surface area contributed by atoms with Gasteiger partial charge in [-0.1, -0.05) is 25.1 Å². The summed E-state index contributed by atoms with van der Waals surface area (Å²) in [6.07, 6.45) is -2.04. The summed E-state index contributed by atoms with van der Waals surface area (Å²) >= 11 is 0. The number of hydrogen-bond acceptors (Lipinski definition) is 2. The molecule has 2 nitrogen and oxygen atoms in total.